The van der Waals surface area contributed by atoms with Crippen LogP contribution in [0.3, 0.4) is 0 Å². The number of fused-ring (bicyclic) bond motifs is 1. The molecule has 0 aliphatic carbocycles. The highest BCUT2D eigenvalue weighted by Gasteiger charge is 2.30. The van der Waals surface area contributed by atoms with E-state index in [2.05, 4.69) is 9.97 Å². The maximum atomic E-state index is 12.6. The van der Waals surface area contributed by atoms with Crippen molar-refractivity contribution in [1.29, 1.82) is 0 Å². The Hall–Kier alpha value is -2.96. The number of nitrogens with zero attached hydrogens (tertiary/aromatic N) is 3. The molecular weight excluding hydrogens is 319 g/mol. The van der Waals surface area contributed by atoms with Gasteiger partial charge in [-0.3, -0.25) is 14.8 Å². The van der Waals surface area contributed by atoms with E-state index in [0.717, 1.165) is 12.1 Å². The van der Waals surface area contributed by atoms with E-state index in [9.17, 15) is 18.0 Å². The summed E-state index contributed by atoms with van der Waals surface area (Å²) in [6, 6.07) is 9.27. The molecule has 2 aromatic carbocycles. The number of aromatic nitrogens is 2. The molecule has 0 spiro atoms. The van der Waals surface area contributed by atoms with Gasteiger partial charge in [0, 0.05) is 30.7 Å². The molecule has 0 saturated carbocycles. The molecule has 0 atom stereocenters. The fourth-order valence-corrected chi connectivity index (χ4v) is 2.27. The zero-order valence-corrected chi connectivity index (χ0v) is 12.6. The van der Waals surface area contributed by atoms with Gasteiger partial charge in [0.05, 0.1) is 16.6 Å². The molecule has 0 unspecified atom stereocenters. The van der Waals surface area contributed by atoms with Crippen LogP contribution in [0.1, 0.15) is 15.9 Å². The summed E-state index contributed by atoms with van der Waals surface area (Å²) in [5.41, 5.74) is 1.28. The second-order valence-corrected chi connectivity index (χ2v) is 5.17. The van der Waals surface area contributed by atoms with E-state index in [1.165, 1.54) is 17.0 Å². The van der Waals surface area contributed by atoms with Gasteiger partial charge in [0.15, 0.2) is 0 Å². The van der Waals surface area contributed by atoms with Crippen LogP contribution in [0.25, 0.3) is 11.0 Å². The second kappa shape index (κ2) is 5.92. The molecule has 1 aromatic heterocycles. The fraction of sp³-hybridized carbons (Fsp3) is 0.118. The third kappa shape index (κ3) is 3.05. The normalized spacial score (nSPS) is 11.5. The monoisotopic (exact) mass is 331 g/mol. The molecule has 1 heterocycles. The average molecular weight is 331 g/mol. The summed E-state index contributed by atoms with van der Waals surface area (Å²) in [6.07, 6.45) is -1.31. The summed E-state index contributed by atoms with van der Waals surface area (Å²) in [7, 11) is 1.55. The number of carbonyl (C=O) groups excluding carboxylic acids is 1. The average Bonchev–Trinajstić information content (AvgIpc) is 2.59. The number of rotatable bonds is 2. The molecule has 1 amide bonds. The van der Waals surface area contributed by atoms with E-state index in [1.54, 1.807) is 37.6 Å². The van der Waals surface area contributed by atoms with Crippen molar-refractivity contribution in [3.8, 4) is 0 Å². The zero-order valence-electron chi connectivity index (χ0n) is 12.6. The van der Waals surface area contributed by atoms with Crippen molar-refractivity contribution >= 4 is 22.6 Å². The van der Waals surface area contributed by atoms with Gasteiger partial charge >= 0.3 is 6.18 Å². The van der Waals surface area contributed by atoms with E-state index in [1.807, 2.05) is 0 Å². The molecule has 0 bridgehead atoms. The molecule has 0 fully saturated rings. The molecule has 0 aliphatic heterocycles. The van der Waals surface area contributed by atoms with Crippen molar-refractivity contribution in [3.63, 3.8) is 0 Å². The highest BCUT2D eigenvalue weighted by atomic mass is 19.4. The summed E-state index contributed by atoms with van der Waals surface area (Å²) in [4.78, 5) is 22.1. The van der Waals surface area contributed by atoms with E-state index in [-0.39, 0.29) is 5.56 Å². The van der Waals surface area contributed by atoms with Crippen LogP contribution in [0.15, 0.2) is 54.9 Å². The Morgan fingerprint density at radius 1 is 0.958 bits per heavy atom. The van der Waals surface area contributed by atoms with Crippen molar-refractivity contribution in [1.82, 2.24) is 9.97 Å². The first-order chi connectivity index (χ1) is 11.4. The zero-order chi connectivity index (χ0) is 17.3. The number of carbonyl (C=O) groups is 1. The number of alkyl halides is 3. The highest BCUT2D eigenvalue weighted by molar-refractivity contribution is 6.06. The van der Waals surface area contributed by atoms with Crippen LogP contribution >= 0.6 is 0 Å². The van der Waals surface area contributed by atoms with Gasteiger partial charge in [-0.2, -0.15) is 13.2 Å². The molecule has 4 nitrogen and oxygen atoms in total. The molecule has 0 aliphatic rings. The van der Waals surface area contributed by atoms with E-state index in [0.29, 0.717) is 16.7 Å². The second-order valence-electron chi connectivity index (χ2n) is 5.17. The molecule has 0 saturated heterocycles. The first-order valence-electron chi connectivity index (χ1n) is 7.02. The Morgan fingerprint density at radius 2 is 1.58 bits per heavy atom. The third-order valence-electron chi connectivity index (χ3n) is 3.60. The molecule has 24 heavy (non-hydrogen) atoms. The predicted octanol–water partition coefficient (Wildman–Crippen LogP) is 3.93. The largest absolute Gasteiger partial charge is 0.416 e. The number of hydrogen-bond acceptors (Lipinski definition) is 3. The van der Waals surface area contributed by atoms with Crippen molar-refractivity contribution in [2.24, 2.45) is 0 Å². The molecule has 3 aromatic rings. The standard InChI is InChI=1S/C17H12F3N3O/c1-23(13-6-7-14-15(10-13)22-9-8-21-14)16(24)11-2-4-12(5-3-11)17(18,19)20/h2-10H,1H3. The summed E-state index contributed by atoms with van der Waals surface area (Å²) >= 11 is 0. The van der Waals surface area contributed by atoms with Gasteiger partial charge in [-0.25, -0.2) is 0 Å². The number of halogens is 3. The van der Waals surface area contributed by atoms with E-state index >= 15 is 0 Å². The van der Waals surface area contributed by atoms with Crippen LogP contribution in [-0.4, -0.2) is 22.9 Å². The fourth-order valence-electron chi connectivity index (χ4n) is 2.27. The smallest absolute Gasteiger partial charge is 0.311 e. The third-order valence-corrected chi connectivity index (χ3v) is 3.60. The minimum absolute atomic E-state index is 0.171. The van der Waals surface area contributed by atoms with Gasteiger partial charge in [-0.1, -0.05) is 0 Å². The van der Waals surface area contributed by atoms with Gasteiger partial charge in [-0.15, -0.1) is 0 Å². The topological polar surface area (TPSA) is 46.1 Å². The van der Waals surface area contributed by atoms with Crippen LogP contribution in [0, 0.1) is 0 Å². The molecular formula is C17H12F3N3O. The van der Waals surface area contributed by atoms with Gasteiger partial charge < -0.3 is 4.90 Å². The quantitative estimate of drug-likeness (QED) is 0.715. The van der Waals surface area contributed by atoms with Crippen molar-refractivity contribution in [2.75, 3.05) is 11.9 Å². The predicted molar refractivity (Wildman–Crippen MR) is 83.7 cm³/mol. The maximum absolute atomic E-state index is 12.6. The Labute approximate surface area is 135 Å². The van der Waals surface area contributed by atoms with Gasteiger partial charge in [0.2, 0.25) is 0 Å². The molecule has 3 rings (SSSR count). The minimum atomic E-state index is -4.43. The lowest BCUT2D eigenvalue weighted by Crippen LogP contribution is -2.26. The van der Waals surface area contributed by atoms with Gasteiger partial charge in [0.25, 0.3) is 5.91 Å². The van der Waals surface area contributed by atoms with Crippen LogP contribution in [0.5, 0.6) is 0 Å². The Bertz CT molecular complexity index is 891. The van der Waals surface area contributed by atoms with Crippen LogP contribution in [0.4, 0.5) is 18.9 Å². The Kier molecular flexibility index (Phi) is 3.92. The van der Waals surface area contributed by atoms with Crippen molar-refractivity contribution < 1.29 is 18.0 Å². The first kappa shape index (κ1) is 15.9. The molecule has 0 radical (unpaired) electrons. The van der Waals surface area contributed by atoms with Gasteiger partial charge in [0.1, 0.15) is 0 Å². The number of anilines is 1. The lowest BCUT2D eigenvalue weighted by atomic mass is 10.1. The lowest BCUT2D eigenvalue weighted by molar-refractivity contribution is -0.137. The molecule has 122 valence electrons. The molecule has 0 N–H and O–H groups in total. The van der Waals surface area contributed by atoms with E-state index in [4.69, 9.17) is 0 Å². The van der Waals surface area contributed by atoms with Crippen LogP contribution in [0.2, 0.25) is 0 Å². The number of amides is 1. The summed E-state index contributed by atoms with van der Waals surface area (Å²) in [5.74, 6) is -0.410. The Balaban J connectivity index is 1.88. The van der Waals surface area contributed by atoms with Crippen molar-refractivity contribution in [2.45, 2.75) is 6.18 Å². The van der Waals surface area contributed by atoms with Crippen molar-refractivity contribution in [3.05, 3.63) is 66.0 Å². The van der Waals surface area contributed by atoms with Crippen LogP contribution in [-0.2, 0) is 6.18 Å². The number of hydrogen-bond donors (Lipinski definition) is 0. The summed E-state index contributed by atoms with van der Waals surface area (Å²) < 4.78 is 37.8. The van der Waals surface area contributed by atoms with Gasteiger partial charge in [-0.05, 0) is 42.5 Å². The Morgan fingerprint density at radius 3 is 2.21 bits per heavy atom. The maximum Gasteiger partial charge on any atom is 0.416 e. The molecule has 7 heteroatoms. The summed E-state index contributed by atoms with van der Waals surface area (Å²) in [6.45, 7) is 0. The minimum Gasteiger partial charge on any atom is -0.311 e. The highest BCUT2D eigenvalue weighted by Crippen LogP contribution is 2.29. The van der Waals surface area contributed by atoms with Crippen LogP contribution < -0.4 is 4.90 Å². The first-order valence-corrected chi connectivity index (χ1v) is 7.02. The van der Waals surface area contributed by atoms with E-state index < -0.39 is 17.6 Å². The lowest BCUT2D eigenvalue weighted by Gasteiger charge is -2.18. The summed E-state index contributed by atoms with van der Waals surface area (Å²) in [5, 5.41) is 0. The number of benzene rings is 2. The SMILES string of the molecule is CN(C(=O)c1ccc(C(F)(F)F)cc1)c1ccc2nccnc2c1.